The zero-order chi connectivity index (χ0) is 16.9. The summed E-state index contributed by atoms with van der Waals surface area (Å²) >= 11 is 1.41. The summed E-state index contributed by atoms with van der Waals surface area (Å²) in [4.78, 5) is 30.3. The van der Waals surface area contributed by atoms with Crippen LogP contribution in [0.1, 0.15) is 18.4 Å². The summed E-state index contributed by atoms with van der Waals surface area (Å²) in [5, 5.41) is 8.18. The molecule has 1 aromatic heterocycles. The Labute approximate surface area is 144 Å². The number of aromatic nitrogens is 1. The zero-order valence-electron chi connectivity index (χ0n) is 13.5. The number of nitrogens with one attached hydrogen (secondary N) is 2. The molecule has 2 heterocycles. The summed E-state index contributed by atoms with van der Waals surface area (Å²) < 4.78 is 0. The molecule has 0 spiro atoms. The Kier molecular flexibility index (Phi) is 5.10. The quantitative estimate of drug-likeness (QED) is 0.897. The third kappa shape index (κ3) is 4.11. The van der Waals surface area contributed by atoms with Gasteiger partial charge in [-0.15, -0.1) is 11.3 Å². The maximum atomic E-state index is 12.3. The molecular formula is C17H20N4O2S. The smallest absolute Gasteiger partial charge is 0.321 e. The van der Waals surface area contributed by atoms with E-state index in [1.807, 2.05) is 36.6 Å². The van der Waals surface area contributed by atoms with Crippen molar-refractivity contribution in [1.82, 2.24) is 9.88 Å². The summed E-state index contributed by atoms with van der Waals surface area (Å²) in [5.74, 6) is -0.0825. The summed E-state index contributed by atoms with van der Waals surface area (Å²) in [6.45, 7) is 3.16. The fraction of sp³-hybridized carbons (Fsp3) is 0.353. The molecule has 0 saturated carbocycles. The van der Waals surface area contributed by atoms with Crippen LogP contribution >= 0.6 is 11.3 Å². The Morgan fingerprint density at radius 2 is 1.88 bits per heavy atom. The van der Waals surface area contributed by atoms with Gasteiger partial charge >= 0.3 is 6.03 Å². The standard InChI is InChI=1S/C17H20N4O2S/c1-12-2-4-14(5-3-12)19-17(23)21-9-6-13(7-10-21)15(22)20-16-18-8-11-24-16/h2-5,8,11,13H,6-7,9-10H2,1H3,(H,19,23)(H,18,20,22). The first-order valence-corrected chi connectivity index (χ1v) is 8.83. The fourth-order valence-corrected chi connectivity index (χ4v) is 3.21. The maximum absolute atomic E-state index is 12.3. The molecule has 2 aromatic rings. The van der Waals surface area contributed by atoms with E-state index in [2.05, 4.69) is 15.6 Å². The average Bonchev–Trinajstić information content (AvgIpc) is 3.10. The highest BCUT2D eigenvalue weighted by molar-refractivity contribution is 7.13. The number of anilines is 2. The number of thiazole rings is 1. The van der Waals surface area contributed by atoms with Crippen molar-refractivity contribution in [2.45, 2.75) is 19.8 Å². The zero-order valence-corrected chi connectivity index (χ0v) is 14.3. The van der Waals surface area contributed by atoms with E-state index in [1.165, 1.54) is 11.3 Å². The molecular weight excluding hydrogens is 324 g/mol. The predicted octanol–water partition coefficient (Wildman–Crippen LogP) is 3.33. The van der Waals surface area contributed by atoms with E-state index in [1.54, 1.807) is 11.1 Å². The van der Waals surface area contributed by atoms with Gasteiger partial charge in [0, 0.05) is 36.3 Å². The van der Waals surface area contributed by atoms with Crippen LogP contribution in [0, 0.1) is 12.8 Å². The van der Waals surface area contributed by atoms with Crippen molar-refractivity contribution in [3.8, 4) is 0 Å². The average molecular weight is 344 g/mol. The Balaban J connectivity index is 1.48. The van der Waals surface area contributed by atoms with Gasteiger partial charge in [0.15, 0.2) is 5.13 Å². The highest BCUT2D eigenvalue weighted by Crippen LogP contribution is 2.21. The van der Waals surface area contributed by atoms with Crippen LogP contribution in [0.4, 0.5) is 15.6 Å². The largest absolute Gasteiger partial charge is 0.324 e. The van der Waals surface area contributed by atoms with E-state index >= 15 is 0 Å². The number of hydrogen-bond acceptors (Lipinski definition) is 4. The van der Waals surface area contributed by atoms with E-state index in [0.717, 1.165) is 11.3 Å². The third-order valence-corrected chi connectivity index (χ3v) is 4.81. The first-order valence-electron chi connectivity index (χ1n) is 7.95. The number of piperidine rings is 1. The molecule has 0 atom stereocenters. The van der Waals surface area contributed by atoms with Crippen molar-refractivity contribution in [3.05, 3.63) is 41.4 Å². The van der Waals surface area contributed by atoms with Crippen molar-refractivity contribution in [1.29, 1.82) is 0 Å². The Morgan fingerprint density at radius 1 is 1.17 bits per heavy atom. The number of likely N-dealkylation sites (tertiary alicyclic amines) is 1. The number of carbonyl (C=O) groups excluding carboxylic acids is 2. The van der Waals surface area contributed by atoms with Gasteiger partial charge in [-0.2, -0.15) is 0 Å². The lowest BCUT2D eigenvalue weighted by Crippen LogP contribution is -2.43. The number of amides is 3. The predicted molar refractivity (Wildman–Crippen MR) is 95.2 cm³/mol. The topological polar surface area (TPSA) is 74.3 Å². The number of nitrogens with zero attached hydrogens (tertiary/aromatic N) is 2. The third-order valence-electron chi connectivity index (χ3n) is 4.12. The molecule has 1 saturated heterocycles. The molecule has 126 valence electrons. The van der Waals surface area contributed by atoms with Crippen LogP contribution in [0.3, 0.4) is 0 Å². The van der Waals surface area contributed by atoms with Crippen LogP contribution in [0.5, 0.6) is 0 Å². The summed E-state index contributed by atoms with van der Waals surface area (Å²) in [5.41, 5.74) is 1.94. The Hall–Kier alpha value is -2.41. The molecule has 0 aliphatic carbocycles. The van der Waals surface area contributed by atoms with E-state index in [0.29, 0.717) is 31.1 Å². The number of rotatable bonds is 3. The minimum Gasteiger partial charge on any atom is -0.324 e. The normalized spacial score (nSPS) is 15.1. The Bertz CT molecular complexity index is 692. The van der Waals surface area contributed by atoms with E-state index in [9.17, 15) is 9.59 Å². The van der Waals surface area contributed by atoms with Crippen LogP contribution in [0.25, 0.3) is 0 Å². The van der Waals surface area contributed by atoms with Gasteiger partial charge in [-0.1, -0.05) is 17.7 Å². The van der Waals surface area contributed by atoms with E-state index in [4.69, 9.17) is 0 Å². The molecule has 3 rings (SSSR count). The fourth-order valence-electron chi connectivity index (χ4n) is 2.68. The van der Waals surface area contributed by atoms with Gasteiger partial charge in [0.05, 0.1) is 0 Å². The van der Waals surface area contributed by atoms with Crippen LogP contribution in [0.2, 0.25) is 0 Å². The second-order valence-corrected chi connectivity index (χ2v) is 6.78. The number of benzene rings is 1. The van der Waals surface area contributed by atoms with Crippen molar-refractivity contribution in [2.24, 2.45) is 5.92 Å². The van der Waals surface area contributed by atoms with E-state index < -0.39 is 0 Å². The molecule has 0 bridgehead atoms. The van der Waals surface area contributed by atoms with Gasteiger partial charge in [0.25, 0.3) is 0 Å². The molecule has 1 fully saturated rings. The van der Waals surface area contributed by atoms with Crippen molar-refractivity contribution >= 4 is 34.1 Å². The maximum Gasteiger partial charge on any atom is 0.321 e. The lowest BCUT2D eigenvalue weighted by Gasteiger charge is -2.31. The number of aryl methyl sites for hydroxylation is 1. The first kappa shape index (κ1) is 16.4. The molecule has 24 heavy (non-hydrogen) atoms. The molecule has 1 aliphatic rings. The van der Waals surface area contributed by atoms with Gasteiger partial charge in [0.2, 0.25) is 5.91 Å². The summed E-state index contributed by atoms with van der Waals surface area (Å²) in [6, 6.07) is 7.59. The molecule has 1 aromatic carbocycles. The number of hydrogen-bond donors (Lipinski definition) is 2. The molecule has 0 radical (unpaired) electrons. The van der Waals surface area contributed by atoms with Crippen LogP contribution < -0.4 is 10.6 Å². The van der Waals surface area contributed by atoms with Crippen molar-refractivity contribution < 1.29 is 9.59 Å². The number of carbonyl (C=O) groups is 2. The SMILES string of the molecule is Cc1ccc(NC(=O)N2CCC(C(=O)Nc3nccs3)CC2)cc1. The summed E-state index contributed by atoms with van der Waals surface area (Å²) in [6.07, 6.45) is 3.00. The number of urea groups is 1. The molecule has 3 amide bonds. The van der Waals surface area contributed by atoms with Crippen molar-refractivity contribution in [2.75, 3.05) is 23.7 Å². The monoisotopic (exact) mass is 344 g/mol. The molecule has 2 N–H and O–H groups in total. The minimum atomic E-state index is -0.113. The second-order valence-electron chi connectivity index (χ2n) is 5.88. The van der Waals surface area contributed by atoms with Gasteiger partial charge in [-0.25, -0.2) is 9.78 Å². The summed E-state index contributed by atoms with van der Waals surface area (Å²) in [7, 11) is 0. The highest BCUT2D eigenvalue weighted by Gasteiger charge is 2.27. The lowest BCUT2D eigenvalue weighted by atomic mass is 9.96. The second kappa shape index (κ2) is 7.44. The van der Waals surface area contributed by atoms with Gasteiger partial charge < -0.3 is 15.5 Å². The minimum absolute atomic E-state index is 0.0106. The first-order chi connectivity index (χ1) is 11.6. The Morgan fingerprint density at radius 3 is 2.50 bits per heavy atom. The van der Waals surface area contributed by atoms with Gasteiger partial charge in [-0.3, -0.25) is 4.79 Å². The molecule has 1 aliphatic heterocycles. The van der Waals surface area contributed by atoms with Gasteiger partial charge in [0.1, 0.15) is 0 Å². The molecule has 7 heteroatoms. The molecule has 0 unspecified atom stereocenters. The van der Waals surface area contributed by atoms with Crippen LogP contribution in [0.15, 0.2) is 35.8 Å². The highest BCUT2D eigenvalue weighted by atomic mass is 32.1. The lowest BCUT2D eigenvalue weighted by molar-refractivity contribution is -0.121. The molecule has 6 nitrogen and oxygen atoms in total. The van der Waals surface area contributed by atoms with Crippen LogP contribution in [-0.4, -0.2) is 34.9 Å². The van der Waals surface area contributed by atoms with Crippen molar-refractivity contribution in [3.63, 3.8) is 0 Å². The van der Waals surface area contributed by atoms with E-state index in [-0.39, 0.29) is 17.9 Å². The van der Waals surface area contributed by atoms with Gasteiger partial charge in [-0.05, 0) is 31.9 Å². The van der Waals surface area contributed by atoms with Crippen LogP contribution in [-0.2, 0) is 4.79 Å².